The number of pyridine rings is 1. The van der Waals surface area contributed by atoms with E-state index in [0.29, 0.717) is 12.2 Å². The quantitative estimate of drug-likeness (QED) is 0.904. The summed E-state index contributed by atoms with van der Waals surface area (Å²) in [6, 6.07) is 9.10. The predicted octanol–water partition coefficient (Wildman–Crippen LogP) is 3.48. The minimum absolute atomic E-state index is 0.192. The molecule has 0 unspecified atom stereocenters. The lowest BCUT2D eigenvalue weighted by molar-refractivity contribution is 0.415. The van der Waals surface area contributed by atoms with Crippen LogP contribution in [-0.2, 0) is 6.54 Å². The number of benzene rings is 1. The summed E-state index contributed by atoms with van der Waals surface area (Å²) in [5.41, 5.74) is 2.39. The van der Waals surface area contributed by atoms with E-state index in [1.165, 1.54) is 0 Å². The topological polar surface area (TPSA) is 54.4 Å². The molecule has 0 aliphatic carbocycles. The van der Waals surface area contributed by atoms with Gasteiger partial charge in [-0.15, -0.1) is 0 Å². The third-order valence-corrected chi connectivity index (χ3v) is 3.40. The molecule has 4 nitrogen and oxygen atoms in total. The van der Waals surface area contributed by atoms with Crippen molar-refractivity contribution in [2.24, 2.45) is 0 Å². The summed E-state index contributed by atoms with van der Waals surface area (Å²) >= 11 is 3.47. The predicted molar refractivity (Wildman–Crippen MR) is 78.7 cm³/mol. The van der Waals surface area contributed by atoms with Crippen LogP contribution in [0.2, 0.25) is 0 Å². The lowest BCUT2D eigenvalue weighted by Crippen LogP contribution is -2.03. The number of methoxy groups -OCH3 is 1. The van der Waals surface area contributed by atoms with Crippen molar-refractivity contribution < 1.29 is 9.84 Å². The number of hydrogen-bond donors (Lipinski definition) is 2. The highest BCUT2D eigenvalue weighted by Crippen LogP contribution is 2.28. The minimum Gasteiger partial charge on any atom is -0.506 e. The summed E-state index contributed by atoms with van der Waals surface area (Å²) in [6.07, 6.45) is 0. The van der Waals surface area contributed by atoms with Gasteiger partial charge in [0.25, 0.3) is 0 Å². The van der Waals surface area contributed by atoms with E-state index in [1.54, 1.807) is 19.2 Å². The van der Waals surface area contributed by atoms with E-state index >= 15 is 0 Å². The number of nitrogens with one attached hydrogen (secondary N) is 1. The zero-order valence-electron chi connectivity index (χ0n) is 10.8. The molecule has 1 aromatic heterocycles. The van der Waals surface area contributed by atoms with Gasteiger partial charge in [0.2, 0.25) is 0 Å². The fourth-order valence-corrected chi connectivity index (χ4v) is 2.07. The van der Waals surface area contributed by atoms with Gasteiger partial charge in [0, 0.05) is 16.2 Å². The van der Waals surface area contributed by atoms with Crippen LogP contribution in [0.15, 0.2) is 34.8 Å². The highest BCUT2D eigenvalue weighted by atomic mass is 79.9. The lowest BCUT2D eigenvalue weighted by Gasteiger charge is -2.11. The zero-order chi connectivity index (χ0) is 13.8. The average Bonchev–Trinajstić information content (AvgIpc) is 2.41. The molecule has 19 heavy (non-hydrogen) atoms. The molecule has 1 aromatic carbocycles. The zero-order valence-corrected chi connectivity index (χ0v) is 12.4. The van der Waals surface area contributed by atoms with E-state index in [-0.39, 0.29) is 5.75 Å². The monoisotopic (exact) mass is 322 g/mol. The summed E-state index contributed by atoms with van der Waals surface area (Å²) in [7, 11) is 1.63. The van der Waals surface area contributed by atoms with Crippen molar-refractivity contribution in [1.82, 2.24) is 4.98 Å². The van der Waals surface area contributed by atoms with Crippen LogP contribution < -0.4 is 10.1 Å². The molecule has 0 amide bonds. The first-order valence-corrected chi connectivity index (χ1v) is 6.62. The first-order valence-electron chi connectivity index (χ1n) is 5.83. The van der Waals surface area contributed by atoms with E-state index in [4.69, 9.17) is 4.74 Å². The number of hydrogen-bond acceptors (Lipinski definition) is 4. The number of ether oxygens (including phenoxy) is 1. The maximum Gasteiger partial charge on any atom is 0.138 e. The second kappa shape index (κ2) is 5.93. The van der Waals surface area contributed by atoms with Gasteiger partial charge in [0.15, 0.2) is 0 Å². The van der Waals surface area contributed by atoms with Crippen molar-refractivity contribution in [2.45, 2.75) is 13.5 Å². The normalized spacial score (nSPS) is 10.3. The van der Waals surface area contributed by atoms with Gasteiger partial charge >= 0.3 is 0 Å². The van der Waals surface area contributed by atoms with Crippen molar-refractivity contribution in [2.75, 3.05) is 12.4 Å². The maximum atomic E-state index is 9.74. The van der Waals surface area contributed by atoms with Gasteiger partial charge in [-0.05, 0) is 47.1 Å². The molecule has 0 saturated heterocycles. The van der Waals surface area contributed by atoms with Gasteiger partial charge < -0.3 is 15.2 Å². The molecule has 2 N–H and O–H groups in total. The van der Waals surface area contributed by atoms with Gasteiger partial charge in [0.05, 0.1) is 19.3 Å². The van der Waals surface area contributed by atoms with Crippen molar-refractivity contribution in [3.63, 3.8) is 0 Å². The van der Waals surface area contributed by atoms with Crippen LogP contribution in [0.4, 0.5) is 5.69 Å². The standard InChI is InChI=1S/C14H15BrN2O2/c1-9-3-6-14(18)13(17-9)8-16-12-7-10(19-2)4-5-11(12)15/h3-7,16,18H,8H2,1-2H3. The fourth-order valence-electron chi connectivity index (χ4n) is 1.68. The Hall–Kier alpha value is -1.75. The Bertz CT molecular complexity index is 588. The Labute approximate surface area is 120 Å². The Kier molecular flexibility index (Phi) is 4.27. The number of anilines is 1. The third-order valence-electron chi connectivity index (χ3n) is 2.71. The second-order valence-corrected chi connectivity index (χ2v) is 4.97. The van der Waals surface area contributed by atoms with E-state index in [1.807, 2.05) is 25.1 Å². The molecular formula is C14H15BrN2O2. The molecule has 2 aromatic rings. The van der Waals surface area contributed by atoms with Crippen LogP contribution >= 0.6 is 15.9 Å². The molecule has 0 aliphatic rings. The van der Waals surface area contributed by atoms with Crippen LogP contribution in [0.25, 0.3) is 0 Å². The Morgan fingerprint density at radius 3 is 2.84 bits per heavy atom. The van der Waals surface area contributed by atoms with Crippen LogP contribution in [0.5, 0.6) is 11.5 Å². The SMILES string of the molecule is COc1ccc(Br)c(NCc2nc(C)ccc2O)c1. The second-order valence-electron chi connectivity index (χ2n) is 4.12. The lowest BCUT2D eigenvalue weighted by atomic mass is 10.2. The van der Waals surface area contributed by atoms with E-state index in [9.17, 15) is 5.11 Å². The van der Waals surface area contributed by atoms with Crippen molar-refractivity contribution in [3.8, 4) is 11.5 Å². The number of nitrogens with zero attached hydrogens (tertiary/aromatic N) is 1. The summed E-state index contributed by atoms with van der Waals surface area (Å²) in [4.78, 5) is 4.30. The number of halogens is 1. The van der Waals surface area contributed by atoms with Gasteiger partial charge in [0.1, 0.15) is 17.2 Å². The largest absolute Gasteiger partial charge is 0.506 e. The van der Waals surface area contributed by atoms with Gasteiger partial charge in [-0.2, -0.15) is 0 Å². The molecule has 5 heteroatoms. The molecule has 0 radical (unpaired) electrons. The minimum atomic E-state index is 0.192. The van der Waals surface area contributed by atoms with Gasteiger partial charge in [-0.25, -0.2) is 0 Å². The summed E-state index contributed by atoms with van der Waals surface area (Å²) in [5, 5.41) is 13.0. The molecule has 0 saturated carbocycles. The van der Waals surface area contributed by atoms with Crippen molar-refractivity contribution in [3.05, 3.63) is 46.2 Å². The molecule has 0 bridgehead atoms. The number of rotatable bonds is 4. The Morgan fingerprint density at radius 2 is 2.11 bits per heavy atom. The first kappa shape index (κ1) is 13.7. The maximum absolute atomic E-state index is 9.74. The van der Waals surface area contributed by atoms with Crippen LogP contribution in [-0.4, -0.2) is 17.2 Å². The molecule has 100 valence electrons. The van der Waals surface area contributed by atoms with Crippen LogP contribution in [0, 0.1) is 6.92 Å². The highest BCUT2D eigenvalue weighted by Gasteiger charge is 2.06. The van der Waals surface area contributed by atoms with Crippen molar-refractivity contribution >= 4 is 21.6 Å². The Balaban J connectivity index is 2.16. The molecule has 2 rings (SSSR count). The fraction of sp³-hybridized carbons (Fsp3) is 0.214. The molecular weight excluding hydrogens is 308 g/mol. The third kappa shape index (κ3) is 3.38. The summed E-state index contributed by atoms with van der Waals surface area (Å²) in [5.74, 6) is 0.962. The molecule has 0 spiro atoms. The van der Waals surface area contributed by atoms with E-state index in [0.717, 1.165) is 21.6 Å². The van der Waals surface area contributed by atoms with Crippen LogP contribution in [0.1, 0.15) is 11.4 Å². The number of aromatic nitrogens is 1. The average molecular weight is 323 g/mol. The molecule has 0 atom stereocenters. The highest BCUT2D eigenvalue weighted by molar-refractivity contribution is 9.10. The molecule has 0 aliphatic heterocycles. The number of aryl methyl sites for hydroxylation is 1. The summed E-state index contributed by atoms with van der Waals surface area (Å²) in [6.45, 7) is 2.34. The molecule has 0 fully saturated rings. The smallest absolute Gasteiger partial charge is 0.138 e. The van der Waals surface area contributed by atoms with Crippen molar-refractivity contribution in [1.29, 1.82) is 0 Å². The summed E-state index contributed by atoms with van der Waals surface area (Å²) < 4.78 is 6.11. The van der Waals surface area contributed by atoms with Gasteiger partial charge in [-0.3, -0.25) is 4.98 Å². The van der Waals surface area contributed by atoms with Gasteiger partial charge in [-0.1, -0.05) is 0 Å². The molecule has 1 heterocycles. The van der Waals surface area contributed by atoms with Crippen LogP contribution in [0.3, 0.4) is 0 Å². The first-order chi connectivity index (χ1) is 9.10. The van der Waals surface area contributed by atoms with E-state index in [2.05, 4.69) is 26.2 Å². The van der Waals surface area contributed by atoms with E-state index < -0.39 is 0 Å². The number of aromatic hydroxyl groups is 1. The Morgan fingerprint density at radius 1 is 1.32 bits per heavy atom.